The summed E-state index contributed by atoms with van der Waals surface area (Å²) in [7, 11) is -3.19. The Kier molecular flexibility index (Phi) is 9.46. The van der Waals surface area contributed by atoms with Crippen molar-refractivity contribution in [2.24, 2.45) is 0 Å². The molecular formula is C12H23ClO4S. The second-order valence-corrected chi connectivity index (χ2v) is 7.57. The van der Waals surface area contributed by atoms with Crippen molar-refractivity contribution in [1.29, 1.82) is 0 Å². The molecule has 0 fully saturated rings. The summed E-state index contributed by atoms with van der Waals surface area (Å²) in [5.41, 5.74) is 0. The van der Waals surface area contributed by atoms with Crippen LogP contribution in [0.15, 0.2) is 0 Å². The van der Waals surface area contributed by atoms with E-state index in [2.05, 4.69) is 0 Å². The molecule has 1 unspecified atom stereocenters. The molecule has 108 valence electrons. The van der Waals surface area contributed by atoms with Crippen LogP contribution in [-0.4, -0.2) is 30.0 Å². The van der Waals surface area contributed by atoms with Gasteiger partial charge in [0.15, 0.2) is 9.84 Å². The third-order valence-corrected chi connectivity index (χ3v) is 5.65. The zero-order valence-corrected chi connectivity index (χ0v) is 12.5. The van der Waals surface area contributed by atoms with Gasteiger partial charge >= 0.3 is 5.97 Å². The van der Waals surface area contributed by atoms with Gasteiger partial charge in [0.25, 0.3) is 0 Å². The molecule has 0 amide bonds. The first-order valence-corrected chi connectivity index (χ1v) is 8.62. The molecule has 6 heteroatoms. The summed E-state index contributed by atoms with van der Waals surface area (Å²) in [6.07, 6.45) is 5.05. The van der Waals surface area contributed by atoms with E-state index in [1.54, 1.807) is 0 Å². The number of aliphatic carboxylic acids is 1. The largest absolute Gasteiger partial charge is 0.481 e. The second-order valence-electron chi connectivity index (χ2n) is 4.48. The molecule has 0 saturated heterocycles. The molecule has 0 spiro atoms. The first-order valence-electron chi connectivity index (χ1n) is 6.47. The molecule has 0 heterocycles. The van der Waals surface area contributed by atoms with E-state index in [-0.39, 0.29) is 12.2 Å². The second kappa shape index (κ2) is 9.62. The van der Waals surface area contributed by atoms with Crippen molar-refractivity contribution in [3.63, 3.8) is 0 Å². The van der Waals surface area contributed by atoms with Gasteiger partial charge in [-0.2, -0.15) is 0 Å². The summed E-state index contributed by atoms with van der Waals surface area (Å²) in [5.74, 6) is -0.658. The maximum Gasteiger partial charge on any atom is 0.303 e. The third kappa shape index (κ3) is 8.75. The summed E-state index contributed by atoms with van der Waals surface area (Å²) in [6, 6.07) is 0. The highest BCUT2D eigenvalue weighted by Gasteiger charge is 2.21. The molecule has 0 aliphatic heterocycles. The van der Waals surface area contributed by atoms with E-state index in [9.17, 15) is 13.2 Å². The quantitative estimate of drug-likeness (QED) is 0.470. The number of unbranched alkanes of at least 4 members (excludes halogenated alkanes) is 4. The number of sulfone groups is 1. The van der Waals surface area contributed by atoms with E-state index in [0.29, 0.717) is 32.1 Å². The van der Waals surface area contributed by atoms with Crippen LogP contribution in [-0.2, 0) is 14.6 Å². The maximum absolute atomic E-state index is 11.8. The van der Waals surface area contributed by atoms with E-state index in [0.717, 1.165) is 12.8 Å². The number of carboxylic acid groups (broad SMARTS) is 1. The number of rotatable bonds is 11. The number of halogens is 1. The molecular weight excluding hydrogens is 276 g/mol. The standard InChI is InChI=1S/C12H23ClO4S/c1-2-3-7-10-18(16,17)11(13)8-5-4-6-9-12(14)15/h11H,2-10H2,1H3,(H,14,15). The van der Waals surface area contributed by atoms with Gasteiger partial charge in [0, 0.05) is 6.42 Å². The molecule has 0 radical (unpaired) electrons. The minimum atomic E-state index is -3.19. The average molecular weight is 299 g/mol. The summed E-state index contributed by atoms with van der Waals surface area (Å²) in [6.45, 7) is 2.02. The molecule has 1 atom stereocenters. The van der Waals surface area contributed by atoms with E-state index < -0.39 is 20.5 Å². The third-order valence-electron chi connectivity index (χ3n) is 2.74. The van der Waals surface area contributed by atoms with Crippen molar-refractivity contribution in [3.8, 4) is 0 Å². The topological polar surface area (TPSA) is 71.4 Å². The van der Waals surface area contributed by atoms with Crippen LogP contribution in [0.5, 0.6) is 0 Å². The van der Waals surface area contributed by atoms with Crippen LogP contribution in [0.2, 0.25) is 0 Å². The summed E-state index contributed by atoms with van der Waals surface area (Å²) < 4.78 is 22.7. The van der Waals surface area contributed by atoms with Crippen LogP contribution in [0.25, 0.3) is 0 Å². The van der Waals surface area contributed by atoms with Crippen molar-refractivity contribution in [3.05, 3.63) is 0 Å². The first-order chi connectivity index (χ1) is 8.40. The number of hydrogen-bond donors (Lipinski definition) is 1. The Bertz CT molecular complexity index is 327. The molecule has 0 aromatic heterocycles. The first kappa shape index (κ1) is 17.7. The van der Waals surface area contributed by atoms with Gasteiger partial charge in [-0.15, -0.1) is 11.6 Å². The molecule has 0 aliphatic rings. The monoisotopic (exact) mass is 298 g/mol. The van der Waals surface area contributed by atoms with Crippen molar-refractivity contribution in [1.82, 2.24) is 0 Å². The van der Waals surface area contributed by atoms with Gasteiger partial charge in [-0.3, -0.25) is 4.79 Å². The molecule has 0 aliphatic carbocycles. The summed E-state index contributed by atoms with van der Waals surface area (Å²) in [5, 5.41) is 8.45. The van der Waals surface area contributed by atoms with Gasteiger partial charge in [0.1, 0.15) is 4.71 Å². The fourth-order valence-corrected chi connectivity index (χ4v) is 3.43. The molecule has 0 saturated carbocycles. The van der Waals surface area contributed by atoms with Crippen LogP contribution >= 0.6 is 11.6 Å². The zero-order valence-electron chi connectivity index (χ0n) is 10.9. The minimum Gasteiger partial charge on any atom is -0.481 e. The smallest absolute Gasteiger partial charge is 0.303 e. The predicted molar refractivity (Wildman–Crippen MR) is 73.7 cm³/mol. The lowest BCUT2D eigenvalue weighted by atomic mass is 10.1. The van der Waals surface area contributed by atoms with Crippen LogP contribution in [0.3, 0.4) is 0 Å². The fourth-order valence-electron chi connectivity index (χ4n) is 1.62. The Labute approximate surface area is 115 Å². The normalized spacial score (nSPS) is 13.4. The van der Waals surface area contributed by atoms with Gasteiger partial charge < -0.3 is 5.11 Å². The number of alkyl halides is 1. The Hall–Kier alpha value is -0.290. The lowest BCUT2D eigenvalue weighted by molar-refractivity contribution is -0.137. The Morgan fingerprint density at radius 3 is 2.39 bits per heavy atom. The Morgan fingerprint density at radius 1 is 1.17 bits per heavy atom. The van der Waals surface area contributed by atoms with E-state index >= 15 is 0 Å². The van der Waals surface area contributed by atoms with Crippen molar-refractivity contribution in [2.45, 2.75) is 63.0 Å². The predicted octanol–water partition coefficient (Wildman–Crippen LogP) is 3.19. The van der Waals surface area contributed by atoms with E-state index in [1.807, 2.05) is 6.92 Å². The van der Waals surface area contributed by atoms with Gasteiger partial charge in [0.2, 0.25) is 0 Å². The molecule has 0 rings (SSSR count). The SMILES string of the molecule is CCCCCS(=O)(=O)C(Cl)CCCCCC(=O)O. The molecule has 0 bridgehead atoms. The van der Waals surface area contributed by atoms with Crippen LogP contribution in [0.4, 0.5) is 0 Å². The average Bonchev–Trinajstić information content (AvgIpc) is 2.28. The summed E-state index contributed by atoms with van der Waals surface area (Å²) >= 11 is 5.89. The zero-order chi connectivity index (χ0) is 14.0. The van der Waals surface area contributed by atoms with Crippen molar-refractivity contribution >= 4 is 27.4 Å². The maximum atomic E-state index is 11.8. The van der Waals surface area contributed by atoms with Crippen LogP contribution in [0, 0.1) is 0 Å². The lowest BCUT2D eigenvalue weighted by Crippen LogP contribution is -2.18. The Morgan fingerprint density at radius 2 is 1.83 bits per heavy atom. The lowest BCUT2D eigenvalue weighted by Gasteiger charge is -2.10. The van der Waals surface area contributed by atoms with Gasteiger partial charge in [0.05, 0.1) is 5.75 Å². The highest BCUT2D eigenvalue weighted by Crippen LogP contribution is 2.18. The van der Waals surface area contributed by atoms with E-state index in [4.69, 9.17) is 16.7 Å². The molecule has 0 aromatic carbocycles. The molecule has 0 aromatic rings. The van der Waals surface area contributed by atoms with Gasteiger partial charge in [-0.25, -0.2) is 8.42 Å². The highest BCUT2D eigenvalue weighted by molar-refractivity contribution is 7.93. The van der Waals surface area contributed by atoms with Crippen molar-refractivity contribution in [2.75, 3.05) is 5.75 Å². The van der Waals surface area contributed by atoms with Gasteiger partial charge in [-0.1, -0.05) is 32.6 Å². The van der Waals surface area contributed by atoms with Crippen LogP contribution < -0.4 is 0 Å². The van der Waals surface area contributed by atoms with E-state index in [1.165, 1.54) is 0 Å². The summed E-state index contributed by atoms with van der Waals surface area (Å²) in [4.78, 5) is 10.3. The Balaban J connectivity index is 3.79. The molecule has 1 N–H and O–H groups in total. The fraction of sp³-hybridized carbons (Fsp3) is 0.917. The van der Waals surface area contributed by atoms with Gasteiger partial charge in [-0.05, 0) is 19.3 Å². The van der Waals surface area contributed by atoms with Crippen LogP contribution in [0.1, 0.15) is 58.3 Å². The number of hydrogen-bond acceptors (Lipinski definition) is 3. The van der Waals surface area contributed by atoms with Crippen molar-refractivity contribution < 1.29 is 18.3 Å². The number of carboxylic acids is 1. The molecule has 18 heavy (non-hydrogen) atoms. The minimum absolute atomic E-state index is 0.135. The highest BCUT2D eigenvalue weighted by atomic mass is 35.5. The number of carbonyl (C=O) groups is 1. The molecule has 4 nitrogen and oxygen atoms in total.